The minimum absolute atomic E-state index is 0.0716. The zero-order valence-corrected chi connectivity index (χ0v) is 8.58. The van der Waals surface area contributed by atoms with Crippen LogP contribution in [0, 0.1) is 0 Å². The van der Waals surface area contributed by atoms with E-state index in [1.54, 1.807) is 6.07 Å². The molecule has 0 aliphatic heterocycles. The highest BCUT2D eigenvalue weighted by atomic mass is 35.5. The smallest absolute Gasteiger partial charge is 0.185 e. The third kappa shape index (κ3) is 1.61. The largest absolute Gasteiger partial charge is 0.354 e. The van der Waals surface area contributed by atoms with E-state index >= 15 is 0 Å². The molecule has 0 aliphatic carbocycles. The van der Waals surface area contributed by atoms with E-state index in [2.05, 4.69) is 5.16 Å². The van der Waals surface area contributed by atoms with Crippen molar-refractivity contribution in [1.29, 1.82) is 0 Å². The summed E-state index contributed by atoms with van der Waals surface area (Å²) < 4.78 is 5.14. The van der Waals surface area contributed by atoms with E-state index in [0.29, 0.717) is 17.0 Å². The molecular weight excluding hydrogens is 200 g/mol. The molecule has 0 saturated heterocycles. The molecule has 1 heterocycles. The number of benzene rings is 1. The molecule has 2 aromatic rings. The van der Waals surface area contributed by atoms with Crippen molar-refractivity contribution in [3.05, 3.63) is 28.9 Å². The number of hydrogen-bond acceptors (Lipinski definition) is 3. The van der Waals surface area contributed by atoms with Crippen molar-refractivity contribution in [3.63, 3.8) is 0 Å². The Balaban J connectivity index is 2.52. The second kappa shape index (κ2) is 3.59. The first-order chi connectivity index (χ1) is 6.68. The van der Waals surface area contributed by atoms with Gasteiger partial charge < -0.3 is 10.3 Å². The molecule has 0 aliphatic rings. The van der Waals surface area contributed by atoms with E-state index < -0.39 is 0 Å². The van der Waals surface area contributed by atoms with Gasteiger partial charge in [-0.1, -0.05) is 22.8 Å². The molecule has 14 heavy (non-hydrogen) atoms. The van der Waals surface area contributed by atoms with Gasteiger partial charge in [-0.15, -0.1) is 0 Å². The number of rotatable bonds is 2. The maximum Gasteiger partial charge on any atom is 0.185 e. The standard InChI is InChI=1S/C10H11ClN2O/c1-6(12)5-9-7-3-2-4-8(11)10(7)14-13-9/h2-4,6H,5,12H2,1H3. The van der Waals surface area contributed by atoms with Crippen LogP contribution in [0.3, 0.4) is 0 Å². The van der Waals surface area contributed by atoms with E-state index in [4.69, 9.17) is 21.9 Å². The zero-order valence-electron chi connectivity index (χ0n) is 7.83. The molecule has 0 bridgehead atoms. The summed E-state index contributed by atoms with van der Waals surface area (Å²) >= 11 is 5.94. The van der Waals surface area contributed by atoms with E-state index in [1.807, 2.05) is 19.1 Å². The van der Waals surface area contributed by atoms with Gasteiger partial charge in [0, 0.05) is 17.8 Å². The molecule has 0 radical (unpaired) electrons. The summed E-state index contributed by atoms with van der Waals surface area (Å²) in [5.74, 6) is 0. The van der Waals surface area contributed by atoms with Crippen molar-refractivity contribution in [1.82, 2.24) is 5.16 Å². The average molecular weight is 211 g/mol. The lowest BCUT2D eigenvalue weighted by molar-refractivity contribution is 0.443. The van der Waals surface area contributed by atoms with E-state index in [1.165, 1.54) is 0 Å². The van der Waals surface area contributed by atoms with Crippen molar-refractivity contribution < 1.29 is 4.52 Å². The number of aromatic nitrogens is 1. The van der Waals surface area contributed by atoms with E-state index in [-0.39, 0.29) is 6.04 Å². The number of nitrogens with zero attached hydrogens (tertiary/aromatic N) is 1. The molecule has 0 fully saturated rings. The van der Waals surface area contributed by atoms with Crippen LogP contribution in [0.4, 0.5) is 0 Å². The van der Waals surface area contributed by atoms with E-state index in [0.717, 1.165) is 11.1 Å². The molecule has 0 amide bonds. The first-order valence-electron chi connectivity index (χ1n) is 4.47. The van der Waals surface area contributed by atoms with Gasteiger partial charge in [-0.05, 0) is 19.1 Å². The highest BCUT2D eigenvalue weighted by Crippen LogP contribution is 2.26. The van der Waals surface area contributed by atoms with Crippen molar-refractivity contribution in [2.24, 2.45) is 5.73 Å². The van der Waals surface area contributed by atoms with Crippen LogP contribution in [0.2, 0.25) is 5.02 Å². The summed E-state index contributed by atoms with van der Waals surface area (Å²) in [6, 6.07) is 5.68. The van der Waals surface area contributed by atoms with Gasteiger partial charge in [-0.2, -0.15) is 0 Å². The summed E-state index contributed by atoms with van der Waals surface area (Å²) in [4.78, 5) is 0. The Hall–Kier alpha value is -1.06. The third-order valence-corrected chi connectivity index (χ3v) is 2.34. The van der Waals surface area contributed by atoms with Crippen LogP contribution in [0.1, 0.15) is 12.6 Å². The van der Waals surface area contributed by atoms with Crippen molar-refractivity contribution in [2.45, 2.75) is 19.4 Å². The number of fused-ring (bicyclic) bond motifs is 1. The average Bonchev–Trinajstić information content (AvgIpc) is 2.49. The second-order valence-electron chi connectivity index (χ2n) is 3.43. The molecule has 2 N–H and O–H groups in total. The lowest BCUT2D eigenvalue weighted by Gasteiger charge is -1.99. The molecule has 0 saturated carbocycles. The third-order valence-electron chi connectivity index (χ3n) is 2.04. The Morgan fingerprint density at radius 2 is 2.36 bits per heavy atom. The Kier molecular flexibility index (Phi) is 2.44. The first kappa shape index (κ1) is 9.49. The Bertz CT molecular complexity index is 450. The normalized spacial score (nSPS) is 13.4. The van der Waals surface area contributed by atoms with Gasteiger partial charge in [0.2, 0.25) is 0 Å². The lowest BCUT2D eigenvalue weighted by Crippen LogP contribution is -2.17. The fourth-order valence-electron chi connectivity index (χ4n) is 1.43. The van der Waals surface area contributed by atoms with Crippen molar-refractivity contribution >= 4 is 22.6 Å². The molecule has 1 aromatic carbocycles. The Labute approximate surface area is 86.8 Å². The first-order valence-corrected chi connectivity index (χ1v) is 4.84. The molecule has 1 aromatic heterocycles. The predicted octanol–water partition coefficient (Wildman–Crippen LogP) is 2.37. The van der Waals surface area contributed by atoms with Gasteiger partial charge in [0.25, 0.3) is 0 Å². The summed E-state index contributed by atoms with van der Waals surface area (Å²) in [5, 5.41) is 5.50. The quantitative estimate of drug-likeness (QED) is 0.828. The minimum atomic E-state index is 0.0716. The summed E-state index contributed by atoms with van der Waals surface area (Å²) in [6.07, 6.45) is 0.702. The van der Waals surface area contributed by atoms with Crippen LogP contribution in [-0.4, -0.2) is 11.2 Å². The minimum Gasteiger partial charge on any atom is -0.354 e. The lowest BCUT2D eigenvalue weighted by atomic mass is 10.1. The van der Waals surface area contributed by atoms with Gasteiger partial charge in [0.05, 0.1) is 10.7 Å². The Morgan fingerprint density at radius 3 is 3.07 bits per heavy atom. The van der Waals surface area contributed by atoms with Gasteiger partial charge in [-0.25, -0.2) is 0 Å². The maximum absolute atomic E-state index is 5.94. The summed E-state index contributed by atoms with van der Waals surface area (Å²) in [5.41, 5.74) is 7.21. The van der Waals surface area contributed by atoms with Gasteiger partial charge >= 0.3 is 0 Å². The molecule has 2 rings (SSSR count). The van der Waals surface area contributed by atoms with Crippen LogP contribution < -0.4 is 5.73 Å². The SMILES string of the molecule is CC(N)Cc1noc2c(Cl)cccc12. The number of nitrogens with two attached hydrogens (primary N) is 1. The molecular formula is C10H11ClN2O. The number of para-hydroxylation sites is 1. The van der Waals surface area contributed by atoms with Gasteiger partial charge in [-0.3, -0.25) is 0 Å². The topological polar surface area (TPSA) is 52.0 Å². The van der Waals surface area contributed by atoms with Crippen LogP contribution >= 0.6 is 11.6 Å². The maximum atomic E-state index is 5.94. The molecule has 4 heteroatoms. The predicted molar refractivity (Wildman–Crippen MR) is 56.4 cm³/mol. The number of hydrogen-bond donors (Lipinski definition) is 1. The van der Waals surface area contributed by atoms with Crippen molar-refractivity contribution in [2.75, 3.05) is 0 Å². The highest BCUT2D eigenvalue weighted by molar-refractivity contribution is 6.34. The Morgan fingerprint density at radius 1 is 1.57 bits per heavy atom. The number of halogens is 1. The van der Waals surface area contributed by atoms with Crippen LogP contribution in [0.5, 0.6) is 0 Å². The monoisotopic (exact) mass is 210 g/mol. The fourth-order valence-corrected chi connectivity index (χ4v) is 1.64. The highest BCUT2D eigenvalue weighted by Gasteiger charge is 2.11. The second-order valence-corrected chi connectivity index (χ2v) is 3.83. The van der Waals surface area contributed by atoms with Crippen LogP contribution in [0.25, 0.3) is 11.0 Å². The van der Waals surface area contributed by atoms with Crippen LogP contribution in [0.15, 0.2) is 22.7 Å². The molecule has 0 spiro atoms. The fraction of sp³-hybridized carbons (Fsp3) is 0.300. The molecule has 1 atom stereocenters. The van der Waals surface area contributed by atoms with Gasteiger partial charge in [0.1, 0.15) is 0 Å². The summed E-state index contributed by atoms with van der Waals surface area (Å²) in [6.45, 7) is 1.94. The summed E-state index contributed by atoms with van der Waals surface area (Å²) in [7, 11) is 0. The molecule has 3 nitrogen and oxygen atoms in total. The van der Waals surface area contributed by atoms with Gasteiger partial charge in [0.15, 0.2) is 5.58 Å². The molecule has 74 valence electrons. The van der Waals surface area contributed by atoms with E-state index in [9.17, 15) is 0 Å². The molecule has 1 unspecified atom stereocenters. The van der Waals surface area contributed by atoms with Crippen LogP contribution in [-0.2, 0) is 6.42 Å². The van der Waals surface area contributed by atoms with Crippen molar-refractivity contribution in [3.8, 4) is 0 Å². The zero-order chi connectivity index (χ0) is 10.1.